The van der Waals surface area contributed by atoms with Crippen molar-refractivity contribution in [2.45, 2.75) is 289 Å². The summed E-state index contributed by atoms with van der Waals surface area (Å²) in [5.41, 5.74) is 0. The maximum atomic E-state index is 12.9. The van der Waals surface area contributed by atoms with E-state index in [2.05, 4.69) is 74.6 Å². The number of ether oxygens (including phenoxy) is 4. The van der Waals surface area contributed by atoms with E-state index < -0.39 is 24.3 Å². The van der Waals surface area contributed by atoms with Crippen LogP contribution < -0.4 is 0 Å². The first-order chi connectivity index (χ1) is 36.1. The molecular formula is C65H118NO8+. The molecule has 0 saturated heterocycles. The summed E-state index contributed by atoms with van der Waals surface area (Å²) >= 11 is 0. The van der Waals surface area contributed by atoms with Crippen LogP contribution in [0.25, 0.3) is 0 Å². The summed E-state index contributed by atoms with van der Waals surface area (Å²) < 4.78 is 22.9. The first-order valence-corrected chi connectivity index (χ1v) is 31.0. The molecule has 0 aliphatic rings. The molecule has 74 heavy (non-hydrogen) atoms. The van der Waals surface area contributed by atoms with Crippen molar-refractivity contribution in [3.8, 4) is 0 Å². The molecule has 0 fully saturated rings. The van der Waals surface area contributed by atoms with Gasteiger partial charge in [-0.2, -0.15) is 0 Å². The molecule has 0 bridgehead atoms. The summed E-state index contributed by atoms with van der Waals surface area (Å²) in [6, 6.07) is 0. The van der Waals surface area contributed by atoms with Crippen molar-refractivity contribution in [2.24, 2.45) is 0 Å². The van der Waals surface area contributed by atoms with Gasteiger partial charge in [-0.1, -0.05) is 267 Å². The summed E-state index contributed by atoms with van der Waals surface area (Å²) in [7, 11) is 5.97. The zero-order chi connectivity index (χ0) is 54.1. The van der Waals surface area contributed by atoms with Crippen LogP contribution >= 0.6 is 0 Å². The van der Waals surface area contributed by atoms with Crippen LogP contribution in [0.5, 0.6) is 0 Å². The van der Waals surface area contributed by atoms with E-state index in [1.165, 1.54) is 167 Å². The number of likely N-dealkylation sites (N-methyl/N-ethyl adjacent to an activating group) is 1. The van der Waals surface area contributed by atoms with Crippen LogP contribution in [0.1, 0.15) is 277 Å². The van der Waals surface area contributed by atoms with E-state index in [9.17, 15) is 19.5 Å². The number of rotatable bonds is 57. The van der Waals surface area contributed by atoms with Crippen molar-refractivity contribution in [1.29, 1.82) is 0 Å². The van der Waals surface area contributed by atoms with Gasteiger partial charge in [0.2, 0.25) is 0 Å². The smallest absolute Gasteiger partial charge is 0.361 e. The number of carbonyl (C=O) groups is 3. The molecule has 2 atom stereocenters. The third kappa shape index (κ3) is 56.7. The van der Waals surface area contributed by atoms with Crippen LogP contribution in [-0.4, -0.2) is 87.4 Å². The molecule has 430 valence electrons. The number of unbranched alkanes of at least 4 members (excludes halogenated alkanes) is 32. The molecule has 0 aliphatic carbocycles. The topological polar surface area (TPSA) is 108 Å². The Hall–Kier alpha value is -3.01. The second kappa shape index (κ2) is 56.2. The Morgan fingerprint density at radius 1 is 0.419 bits per heavy atom. The summed E-state index contributed by atoms with van der Waals surface area (Å²) in [6.45, 7) is 4.79. The molecule has 0 aromatic rings. The first-order valence-electron chi connectivity index (χ1n) is 31.0. The van der Waals surface area contributed by atoms with Gasteiger partial charge in [-0.05, 0) is 57.8 Å². The fourth-order valence-electron chi connectivity index (χ4n) is 8.81. The molecule has 0 heterocycles. The molecule has 9 heteroatoms. The summed E-state index contributed by atoms with van der Waals surface area (Å²) in [6.07, 6.45) is 68.8. The lowest BCUT2D eigenvalue weighted by Crippen LogP contribution is -2.40. The maximum Gasteiger partial charge on any atom is 0.361 e. The van der Waals surface area contributed by atoms with Gasteiger partial charge in [-0.25, -0.2) is 4.79 Å². The zero-order valence-electron chi connectivity index (χ0n) is 49.0. The number of hydrogen-bond donors (Lipinski definition) is 1. The van der Waals surface area contributed by atoms with Gasteiger partial charge in [-0.3, -0.25) is 9.59 Å². The number of hydrogen-bond acceptors (Lipinski definition) is 7. The molecule has 9 nitrogen and oxygen atoms in total. The summed E-state index contributed by atoms with van der Waals surface area (Å²) in [5.74, 6) is -2.00. The molecule has 0 rings (SSSR count). The number of carbonyl (C=O) groups excluding carboxylic acids is 2. The highest BCUT2D eigenvalue weighted by Gasteiger charge is 2.25. The zero-order valence-corrected chi connectivity index (χ0v) is 49.0. The van der Waals surface area contributed by atoms with Crippen LogP contribution in [0.2, 0.25) is 0 Å². The van der Waals surface area contributed by atoms with Crippen molar-refractivity contribution < 1.29 is 42.9 Å². The number of esters is 2. The summed E-state index contributed by atoms with van der Waals surface area (Å²) in [5, 5.41) is 9.72. The van der Waals surface area contributed by atoms with E-state index in [4.69, 9.17) is 18.9 Å². The highest BCUT2D eigenvalue weighted by atomic mass is 16.7. The van der Waals surface area contributed by atoms with E-state index in [1.54, 1.807) is 0 Å². The first kappa shape index (κ1) is 71.0. The molecule has 0 aliphatic heterocycles. The fourth-order valence-corrected chi connectivity index (χ4v) is 8.81. The van der Waals surface area contributed by atoms with Gasteiger partial charge in [0.15, 0.2) is 6.10 Å². The molecule has 0 saturated carbocycles. The number of allylic oxidation sites excluding steroid dienone is 10. The Labute approximate surface area is 456 Å². The minimum absolute atomic E-state index is 0.183. The van der Waals surface area contributed by atoms with Crippen LogP contribution in [0.15, 0.2) is 60.8 Å². The van der Waals surface area contributed by atoms with Gasteiger partial charge in [-0.15, -0.1) is 0 Å². The monoisotopic (exact) mass is 1040 g/mol. The molecule has 0 spiro atoms. The molecule has 1 N–H and O–H groups in total. The van der Waals surface area contributed by atoms with Gasteiger partial charge in [0.1, 0.15) is 13.2 Å². The number of nitrogens with zero attached hydrogens (tertiary/aromatic N) is 1. The second-order valence-electron chi connectivity index (χ2n) is 22.0. The maximum absolute atomic E-state index is 12.9. The molecular weight excluding hydrogens is 923 g/mol. The van der Waals surface area contributed by atoms with E-state index in [1.807, 2.05) is 21.1 Å². The second-order valence-corrected chi connectivity index (χ2v) is 22.0. The third-order valence-corrected chi connectivity index (χ3v) is 13.5. The van der Waals surface area contributed by atoms with Crippen molar-refractivity contribution in [1.82, 2.24) is 0 Å². The number of carboxylic acid groups (broad SMARTS) is 1. The Morgan fingerprint density at radius 3 is 1.15 bits per heavy atom. The lowest BCUT2D eigenvalue weighted by atomic mass is 10.0. The van der Waals surface area contributed by atoms with Gasteiger partial charge >= 0.3 is 17.9 Å². The van der Waals surface area contributed by atoms with Crippen LogP contribution in [0.4, 0.5) is 0 Å². The molecule has 0 aromatic carbocycles. The lowest BCUT2D eigenvalue weighted by molar-refractivity contribution is -0.870. The quantitative estimate of drug-likeness (QED) is 0.0211. The highest BCUT2D eigenvalue weighted by Crippen LogP contribution is 2.17. The highest BCUT2D eigenvalue weighted by molar-refractivity contribution is 5.71. The molecule has 0 aromatic heterocycles. The Kier molecular flexibility index (Phi) is 53.9. The average molecular weight is 1040 g/mol. The van der Waals surface area contributed by atoms with Crippen LogP contribution in [0.3, 0.4) is 0 Å². The Bertz CT molecular complexity index is 1400. The molecule has 2 unspecified atom stereocenters. The van der Waals surface area contributed by atoms with Crippen molar-refractivity contribution in [3.63, 3.8) is 0 Å². The van der Waals surface area contributed by atoms with E-state index >= 15 is 0 Å². The molecule has 0 radical (unpaired) electrons. The van der Waals surface area contributed by atoms with E-state index in [0.717, 1.165) is 77.0 Å². The average Bonchev–Trinajstić information content (AvgIpc) is 3.37. The minimum atomic E-state index is -1.51. The Balaban J connectivity index is 4.20. The van der Waals surface area contributed by atoms with E-state index in [-0.39, 0.29) is 32.2 Å². The van der Waals surface area contributed by atoms with Crippen LogP contribution in [-0.2, 0) is 33.3 Å². The Morgan fingerprint density at radius 2 is 0.770 bits per heavy atom. The fraction of sp³-hybridized carbons (Fsp3) is 0.800. The van der Waals surface area contributed by atoms with E-state index in [0.29, 0.717) is 23.9 Å². The number of carboxylic acids is 1. The van der Waals surface area contributed by atoms with Gasteiger partial charge in [0.25, 0.3) is 6.29 Å². The largest absolute Gasteiger partial charge is 0.477 e. The lowest BCUT2D eigenvalue weighted by Gasteiger charge is -2.25. The van der Waals surface area contributed by atoms with Crippen molar-refractivity contribution in [3.05, 3.63) is 60.8 Å². The van der Waals surface area contributed by atoms with Crippen molar-refractivity contribution >= 4 is 17.9 Å². The SMILES string of the molecule is CC/C=C\C/C=C\C/C=C\C/C=C\C/C=C\CCCCCCCCCCCC(=O)OC(COC(=O)CCCCCCCCCCCCCCCCCCCCCCCCCC)COC(OCC[N+](C)(C)C)C(=O)O. The van der Waals surface area contributed by atoms with Gasteiger partial charge in [0, 0.05) is 12.8 Å². The van der Waals surface area contributed by atoms with Crippen LogP contribution in [0, 0.1) is 0 Å². The summed E-state index contributed by atoms with van der Waals surface area (Å²) in [4.78, 5) is 37.5. The van der Waals surface area contributed by atoms with Crippen molar-refractivity contribution in [2.75, 3.05) is 47.5 Å². The molecule has 0 amide bonds. The predicted octanol–water partition coefficient (Wildman–Crippen LogP) is 18.4. The van der Waals surface area contributed by atoms with Gasteiger partial charge < -0.3 is 28.5 Å². The standard InChI is InChI=1S/C65H117NO8/c1-6-8-10-12-14-16-18-20-22-24-26-28-30-32-34-36-38-40-42-44-46-48-50-52-54-56-63(68)74-61(60-73-65(64(69)70)71-58-57-66(3,4)5)59-72-62(67)55-53-51-49-47-45-43-41-39-37-35-33-31-29-27-25-23-21-19-17-15-13-11-9-7-2/h8,10,14,16,20,22,26,28,32,34,61,65H,6-7,9,11-13,15,17-19,21,23-25,27,29-31,33,35-60H2,1-5H3/p+1/b10-8-,16-14-,22-20-,28-26-,34-32-. The minimum Gasteiger partial charge on any atom is -0.477 e. The third-order valence-electron chi connectivity index (χ3n) is 13.5. The number of aliphatic carboxylic acids is 1. The predicted molar refractivity (Wildman–Crippen MR) is 313 cm³/mol. The number of quaternary nitrogens is 1. The normalized spacial score (nSPS) is 13.1. The van der Waals surface area contributed by atoms with Gasteiger partial charge in [0.05, 0.1) is 34.4 Å².